The van der Waals surface area contributed by atoms with Crippen LogP contribution in [0.4, 0.5) is 5.13 Å². The van der Waals surface area contributed by atoms with Gasteiger partial charge in [-0.3, -0.25) is 10.1 Å². The second-order valence-corrected chi connectivity index (χ2v) is 6.42. The zero-order valence-corrected chi connectivity index (χ0v) is 14.6. The second kappa shape index (κ2) is 7.27. The smallest absolute Gasteiger partial charge is 0.344 e. The molecule has 0 aliphatic heterocycles. The molecule has 0 unspecified atom stereocenters. The predicted octanol–water partition coefficient (Wildman–Crippen LogP) is 4.23. The third kappa shape index (κ3) is 4.30. The first-order valence-electron chi connectivity index (χ1n) is 7.63. The first-order chi connectivity index (χ1) is 12.0. The fraction of sp³-hybridized carbons (Fsp3) is 0.105. The molecule has 5 nitrogen and oxygen atoms in total. The number of hydrogen-bond donors (Lipinski definition) is 1. The van der Waals surface area contributed by atoms with E-state index in [0.29, 0.717) is 16.3 Å². The number of nitrogens with zero attached hydrogens (tertiary/aromatic N) is 1. The van der Waals surface area contributed by atoms with Gasteiger partial charge in [-0.15, -0.1) is 11.3 Å². The Morgan fingerprint density at radius 2 is 1.48 bits per heavy atom. The van der Waals surface area contributed by atoms with Crippen molar-refractivity contribution in [2.24, 2.45) is 0 Å². The van der Waals surface area contributed by atoms with Gasteiger partial charge in [-0.25, -0.2) is 4.79 Å². The van der Waals surface area contributed by atoms with Crippen LogP contribution in [0.25, 0.3) is 0 Å². The summed E-state index contributed by atoms with van der Waals surface area (Å²) in [6.45, 7) is 3.90. The molecule has 0 saturated heterocycles. The van der Waals surface area contributed by atoms with Crippen molar-refractivity contribution in [3.63, 3.8) is 0 Å². The Labute approximate surface area is 149 Å². The molecule has 25 heavy (non-hydrogen) atoms. The van der Waals surface area contributed by atoms with Crippen molar-refractivity contribution >= 4 is 28.3 Å². The van der Waals surface area contributed by atoms with Gasteiger partial charge in [0.1, 0.15) is 0 Å². The Balaban J connectivity index is 1.64. The van der Waals surface area contributed by atoms with E-state index in [1.165, 1.54) is 11.3 Å². The summed E-state index contributed by atoms with van der Waals surface area (Å²) in [5.41, 5.74) is 3.13. The molecule has 6 heteroatoms. The Hall–Kier alpha value is -2.99. The van der Waals surface area contributed by atoms with Gasteiger partial charge < -0.3 is 4.74 Å². The number of amides is 1. The number of hydrogen-bond acceptors (Lipinski definition) is 5. The van der Waals surface area contributed by atoms with Gasteiger partial charge in [0, 0.05) is 5.56 Å². The Kier molecular flexibility index (Phi) is 4.90. The molecule has 3 rings (SSSR count). The maximum atomic E-state index is 12.2. The zero-order valence-electron chi connectivity index (χ0n) is 13.8. The lowest BCUT2D eigenvalue weighted by molar-refractivity contribution is 0.0729. The van der Waals surface area contributed by atoms with Gasteiger partial charge in [0.2, 0.25) is 5.88 Å². The lowest BCUT2D eigenvalue weighted by Gasteiger charge is -2.02. The van der Waals surface area contributed by atoms with Crippen molar-refractivity contribution in [3.05, 3.63) is 76.2 Å². The van der Waals surface area contributed by atoms with Crippen molar-refractivity contribution in [2.75, 3.05) is 5.32 Å². The van der Waals surface area contributed by atoms with E-state index in [1.54, 1.807) is 29.6 Å². The highest BCUT2D eigenvalue weighted by atomic mass is 32.1. The molecule has 3 aromatic rings. The van der Waals surface area contributed by atoms with Crippen molar-refractivity contribution in [1.29, 1.82) is 0 Å². The van der Waals surface area contributed by atoms with E-state index >= 15 is 0 Å². The predicted molar refractivity (Wildman–Crippen MR) is 97.4 cm³/mol. The number of rotatable bonds is 4. The number of aromatic nitrogens is 1. The molecule has 2 aromatic carbocycles. The maximum absolute atomic E-state index is 12.2. The Bertz CT molecular complexity index is 825. The zero-order chi connectivity index (χ0) is 17.8. The van der Waals surface area contributed by atoms with Gasteiger partial charge >= 0.3 is 5.97 Å². The molecule has 1 heterocycles. The van der Waals surface area contributed by atoms with Crippen LogP contribution in [0.15, 0.2) is 53.9 Å². The van der Waals surface area contributed by atoms with Crippen LogP contribution in [-0.2, 0) is 0 Å². The van der Waals surface area contributed by atoms with E-state index < -0.39 is 5.97 Å². The summed E-state index contributed by atoms with van der Waals surface area (Å²) in [4.78, 5) is 28.3. The molecule has 0 bridgehead atoms. The number of thiazole rings is 1. The van der Waals surface area contributed by atoms with Crippen LogP contribution < -0.4 is 10.1 Å². The molecule has 0 aliphatic rings. The molecule has 0 radical (unpaired) electrons. The fourth-order valence-electron chi connectivity index (χ4n) is 2.08. The van der Waals surface area contributed by atoms with Gasteiger partial charge in [0.15, 0.2) is 5.13 Å². The summed E-state index contributed by atoms with van der Waals surface area (Å²) < 4.78 is 5.23. The van der Waals surface area contributed by atoms with Gasteiger partial charge in [-0.2, -0.15) is 4.98 Å². The third-order valence-corrected chi connectivity index (χ3v) is 4.24. The lowest BCUT2D eigenvalue weighted by Crippen LogP contribution is -2.12. The summed E-state index contributed by atoms with van der Waals surface area (Å²) in [5, 5.41) is 4.65. The largest absolute Gasteiger partial charge is 0.403 e. The van der Waals surface area contributed by atoms with Crippen molar-refractivity contribution in [2.45, 2.75) is 13.8 Å². The minimum Gasteiger partial charge on any atom is -0.403 e. The minimum absolute atomic E-state index is 0.162. The maximum Gasteiger partial charge on any atom is 0.344 e. The molecule has 0 fully saturated rings. The van der Waals surface area contributed by atoms with Crippen molar-refractivity contribution < 1.29 is 14.3 Å². The van der Waals surface area contributed by atoms with E-state index in [-0.39, 0.29) is 11.8 Å². The highest BCUT2D eigenvalue weighted by Crippen LogP contribution is 2.22. The molecule has 0 saturated carbocycles. The quantitative estimate of drug-likeness (QED) is 0.714. The fourth-order valence-corrected chi connectivity index (χ4v) is 2.69. The normalized spacial score (nSPS) is 10.3. The van der Waals surface area contributed by atoms with Gasteiger partial charge in [0.05, 0.1) is 10.9 Å². The van der Waals surface area contributed by atoms with Gasteiger partial charge in [-0.05, 0) is 38.1 Å². The van der Waals surface area contributed by atoms with Crippen LogP contribution in [0, 0.1) is 13.8 Å². The van der Waals surface area contributed by atoms with Crippen LogP contribution in [-0.4, -0.2) is 16.9 Å². The summed E-state index contributed by atoms with van der Waals surface area (Å²) >= 11 is 1.20. The third-order valence-electron chi connectivity index (χ3n) is 3.50. The summed E-state index contributed by atoms with van der Waals surface area (Å²) in [6, 6.07) is 14.3. The van der Waals surface area contributed by atoms with E-state index in [4.69, 9.17) is 4.74 Å². The molecule has 1 amide bonds. The number of esters is 1. The monoisotopic (exact) mass is 352 g/mol. The lowest BCUT2D eigenvalue weighted by atomic mass is 10.1. The van der Waals surface area contributed by atoms with Crippen LogP contribution >= 0.6 is 11.3 Å². The number of benzene rings is 2. The van der Waals surface area contributed by atoms with E-state index in [1.807, 2.05) is 38.1 Å². The first kappa shape index (κ1) is 16.9. The first-order valence-corrected chi connectivity index (χ1v) is 8.51. The summed E-state index contributed by atoms with van der Waals surface area (Å²) in [7, 11) is 0. The minimum atomic E-state index is -0.485. The highest BCUT2D eigenvalue weighted by Gasteiger charge is 2.13. The molecule has 126 valence electrons. The van der Waals surface area contributed by atoms with E-state index in [9.17, 15) is 9.59 Å². The average molecular weight is 352 g/mol. The Morgan fingerprint density at radius 1 is 0.920 bits per heavy atom. The second-order valence-electron chi connectivity index (χ2n) is 5.57. The summed E-state index contributed by atoms with van der Waals surface area (Å²) in [5.74, 6) is -0.581. The average Bonchev–Trinajstić information content (AvgIpc) is 3.02. The van der Waals surface area contributed by atoms with E-state index in [2.05, 4.69) is 10.3 Å². The molecule has 0 spiro atoms. The Morgan fingerprint density at radius 3 is 2.08 bits per heavy atom. The van der Waals surface area contributed by atoms with Crippen LogP contribution in [0.3, 0.4) is 0 Å². The molecular weight excluding hydrogens is 336 g/mol. The van der Waals surface area contributed by atoms with Crippen molar-refractivity contribution in [3.8, 4) is 5.88 Å². The number of anilines is 1. The SMILES string of the molecule is Cc1ccc(C(=O)Nc2nc(OC(=O)c3ccc(C)cc3)cs2)cc1. The number of aryl methyl sites for hydroxylation is 2. The highest BCUT2D eigenvalue weighted by molar-refractivity contribution is 7.14. The molecular formula is C19H16N2O3S. The number of carbonyl (C=O) groups is 2. The van der Waals surface area contributed by atoms with Crippen LogP contribution in [0.5, 0.6) is 5.88 Å². The van der Waals surface area contributed by atoms with Crippen LogP contribution in [0.2, 0.25) is 0 Å². The topological polar surface area (TPSA) is 68.3 Å². The van der Waals surface area contributed by atoms with Gasteiger partial charge in [0.25, 0.3) is 5.91 Å². The van der Waals surface area contributed by atoms with E-state index in [0.717, 1.165) is 11.1 Å². The number of carbonyl (C=O) groups excluding carboxylic acids is 2. The van der Waals surface area contributed by atoms with Gasteiger partial charge in [-0.1, -0.05) is 35.4 Å². The number of nitrogens with one attached hydrogen (secondary N) is 1. The number of ether oxygens (including phenoxy) is 1. The molecule has 1 aromatic heterocycles. The molecule has 0 aliphatic carbocycles. The molecule has 0 atom stereocenters. The summed E-state index contributed by atoms with van der Waals surface area (Å²) in [6.07, 6.45) is 0. The van der Waals surface area contributed by atoms with Crippen molar-refractivity contribution in [1.82, 2.24) is 4.98 Å². The molecule has 1 N–H and O–H groups in total. The standard InChI is InChI=1S/C19H16N2O3S/c1-12-3-7-14(8-4-12)17(22)21-19-20-16(11-25-19)24-18(23)15-9-5-13(2)6-10-15/h3-11H,1-2H3,(H,20,21,22). The van der Waals surface area contributed by atoms with Crippen LogP contribution in [0.1, 0.15) is 31.8 Å².